The molecule has 0 aromatic carbocycles. The predicted molar refractivity (Wildman–Crippen MR) is 69.5 cm³/mol. The molecule has 0 radical (unpaired) electrons. The lowest BCUT2D eigenvalue weighted by atomic mass is 10.1. The molecule has 1 aliphatic rings. The first-order chi connectivity index (χ1) is 9.05. The average molecular weight is 296 g/mol. The molecule has 1 heterocycles. The molecule has 1 aliphatic heterocycles. The Kier molecular flexibility index (Phi) is 5.68. The van der Waals surface area contributed by atoms with E-state index in [4.69, 9.17) is 4.74 Å². The van der Waals surface area contributed by atoms with E-state index >= 15 is 0 Å². The number of alkyl halides is 3. The maximum atomic E-state index is 12.1. The number of alkyl carbamates (subject to hydrolysis) is 1. The number of carbonyl (C=O) groups is 1. The zero-order valence-corrected chi connectivity index (χ0v) is 12.2. The normalized spacial score (nSPS) is 18.9. The van der Waals surface area contributed by atoms with Gasteiger partial charge in [-0.15, -0.1) is 0 Å². The minimum absolute atomic E-state index is 0.0213. The Morgan fingerprint density at radius 3 is 2.25 bits per heavy atom. The van der Waals surface area contributed by atoms with Crippen LogP contribution in [0.4, 0.5) is 18.0 Å². The molecular weight excluding hydrogens is 273 g/mol. The van der Waals surface area contributed by atoms with E-state index in [1.165, 1.54) is 0 Å². The molecule has 0 unspecified atom stereocenters. The summed E-state index contributed by atoms with van der Waals surface area (Å²) < 4.78 is 41.5. The van der Waals surface area contributed by atoms with Gasteiger partial charge in [0.2, 0.25) is 0 Å². The SMILES string of the molecule is CC(C)(C)OC(=O)NC1CCN(CCC(F)(F)F)CC1. The number of likely N-dealkylation sites (tertiary alicyclic amines) is 1. The van der Waals surface area contributed by atoms with E-state index in [-0.39, 0.29) is 12.6 Å². The predicted octanol–water partition coefficient (Wildman–Crippen LogP) is 2.93. The molecule has 1 rings (SSSR count). The van der Waals surface area contributed by atoms with Crippen molar-refractivity contribution in [3.8, 4) is 0 Å². The van der Waals surface area contributed by atoms with Crippen LogP contribution in [-0.4, -0.2) is 48.4 Å². The van der Waals surface area contributed by atoms with Gasteiger partial charge in [0, 0.05) is 25.7 Å². The summed E-state index contributed by atoms with van der Waals surface area (Å²) in [5.41, 5.74) is -0.544. The number of halogens is 3. The van der Waals surface area contributed by atoms with Crippen LogP contribution in [0, 0.1) is 0 Å². The highest BCUT2D eigenvalue weighted by Crippen LogP contribution is 2.21. The molecule has 1 saturated heterocycles. The Morgan fingerprint density at radius 2 is 1.80 bits per heavy atom. The molecule has 0 aromatic heterocycles. The quantitative estimate of drug-likeness (QED) is 0.870. The second-order valence-electron chi connectivity index (χ2n) is 6.13. The average Bonchev–Trinajstić information content (AvgIpc) is 2.24. The molecule has 1 fully saturated rings. The fraction of sp³-hybridized carbons (Fsp3) is 0.923. The van der Waals surface area contributed by atoms with Gasteiger partial charge in [0.05, 0.1) is 6.42 Å². The number of ether oxygens (including phenoxy) is 1. The van der Waals surface area contributed by atoms with Crippen LogP contribution in [0.25, 0.3) is 0 Å². The number of rotatable bonds is 3. The lowest BCUT2D eigenvalue weighted by Gasteiger charge is -2.32. The number of hydrogen-bond donors (Lipinski definition) is 1. The Bertz CT molecular complexity index is 319. The molecule has 1 amide bonds. The summed E-state index contributed by atoms with van der Waals surface area (Å²) in [6.07, 6.45) is -4.05. The van der Waals surface area contributed by atoms with Gasteiger partial charge in [0.15, 0.2) is 0 Å². The van der Waals surface area contributed by atoms with Gasteiger partial charge in [-0.1, -0.05) is 0 Å². The number of hydrogen-bond acceptors (Lipinski definition) is 3. The van der Waals surface area contributed by atoms with Crippen LogP contribution in [0.1, 0.15) is 40.0 Å². The molecule has 0 aliphatic carbocycles. The standard InChI is InChI=1S/C13H23F3N2O2/c1-12(2,3)20-11(19)17-10-4-7-18(8-5-10)9-6-13(14,15)16/h10H,4-9H2,1-3H3,(H,17,19). The number of piperidine rings is 1. The summed E-state index contributed by atoms with van der Waals surface area (Å²) >= 11 is 0. The van der Waals surface area contributed by atoms with Gasteiger partial charge in [-0.2, -0.15) is 13.2 Å². The Morgan fingerprint density at radius 1 is 1.25 bits per heavy atom. The third kappa shape index (κ3) is 7.57. The summed E-state index contributed by atoms with van der Waals surface area (Å²) in [4.78, 5) is 13.3. The number of nitrogens with one attached hydrogen (secondary N) is 1. The highest BCUT2D eigenvalue weighted by atomic mass is 19.4. The van der Waals surface area contributed by atoms with Gasteiger partial charge in [0.1, 0.15) is 5.60 Å². The molecule has 1 N–H and O–H groups in total. The monoisotopic (exact) mass is 296 g/mol. The summed E-state index contributed by atoms with van der Waals surface area (Å²) in [5, 5.41) is 2.76. The molecule has 0 bridgehead atoms. The smallest absolute Gasteiger partial charge is 0.407 e. The third-order valence-electron chi connectivity index (χ3n) is 3.02. The number of carbonyl (C=O) groups excluding carboxylic acids is 1. The van der Waals surface area contributed by atoms with Crippen molar-refractivity contribution in [2.75, 3.05) is 19.6 Å². The molecule has 7 heteroatoms. The second kappa shape index (κ2) is 6.65. The van der Waals surface area contributed by atoms with Crippen LogP contribution < -0.4 is 5.32 Å². The Balaban J connectivity index is 2.24. The molecule has 20 heavy (non-hydrogen) atoms. The first-order valence-electron chi connectivity index (χ1n) is 6.84. The number of amides is 1. The van der Waals surface area contributed by atoms with Crippen molar-refractivity contribution in [3.05, 3.63) is 0 Å². The van der Waals surface area contributed by atoms with Crippen molar-refractivity contribution in [1.29, 1.82) is 0 Å². The van der Waals surface area contributed by atoms with E-state index in [0.29, 0.717) is 25.9 Å². The molecule has 0 aromatic rings. The molecule has 0 saturated carbocycles. The summed E-state index contributed by atoms with van der Waals surface area (Å²) in [6, 6.07) is -0.0213. The molecule has 4 nitrogen and oxygen atoms in total. The summed E-state index contributed by atoms with van der Waals surface area (Å²) in [7, 11) is 0. The topological polar surface area (TPSA) is 41.6 Å². The van der Waals surface area contributed by atoms with Crippen molar-refractivity contribution in [3.63, 3.8) is 0 Å². The summed E-state index contributed by atoms with van der Waals surface area (Å²) in [6.45, 7) is 6.51. The van der Waals surface area contributed by atoms with Gasteiger partial charge < -0.3 is 15.0 Å². The van der Waals surface area contributed by atoms with Crippen LogP contribution in [0.2, 0.25) is 0 Å². The van der Waals surface area contributed by atoms with Gasteiger partial charge in [-0.25, -0.2) is 4.79 Å². The molecule has 118 valence electrons. The summed E-state index contributed by atoms with van der Waals surface area (Å²) in [5.74, 6) is 0. The first-order valence-corrected chi connectivity index (χ1v) is 6.84. The lowest BCUT2D eigenvalue weighted by Crippen LogP contribution is -2.46. The van der Waals surface area contributed by atoms with Gasteiger partial charge >= 0.3 is 12.3 Å². The minimum atomic E-state index is -4.11. The van der Waals surface area contributed by atoms with E-state index < -0.39 is 24.3 Å². The maximum Gasteiger partial charge on any atom is 0.407 e. The van der Waals surface area contributed by atoms with Gasteiger partial charge in [-0.3, -0.25) is 0 Å². The number of nitrogens with zero attached hydrogens (tertiary/aromatic N) is 1. The first kappa shape index (κ1) is 17.1. The molecule has 0 atom stereocenters. The Labute approximate surface area is 117 Å². The lowest BCUT2D eigenvalue weighted by molar-refractivity contribution is -0.138. The van der Waals surface area contributed by atoms with Crippen LogP contribution in [0.15, 0.2) is 0 Å². The van der Waals surface area contributed by atoms with Gasteiger partial charge in [0.25, 0.3) is 0 Å². The van der Waals surface area contributed by atoms with E-state index in [2.05, 4.69) is 5.32 Å². The fourth-order valence-electron chi connectivity index (χ4n) is 2.06. The highest BCUT2D eigenvalue weighted by Gasteiger charge is 2.29. The second-order valence-corrected chi connectivity index (χ2v) is 6.13. The Hall–Kier alpha value is -0.980. The van der Waals surface area contributed by atoms with Crippen molar-refractivity contribution < 1.29 is 22.7 Å². The third-order valence-corrected chi connectivity index (χ3v) is 3.02. The largest absolute Gasteiger partial charge is 0.444 e. The zero-order valence-electron chi connectivity index (χ0n) is 12.2. The fourth-order valence-corrected chi connectivity index (χ4v) is 2.06. The highest BCUT2D eigenvalue weighted by molar-refractivity contribution is 5.68. The van der Waals surface area contributed by atoms with Crippen molar-refractivity contribution in [2.45, 2.75) is 57.9 Å². The van der Waals surface area contributed by atoms with E-state index in [1.807, 2.05) is 0 Å². The van der Waals surface area contributed by atoms with Crippen LogP contribution in [0.5, 0.6) is 0 Å². The van der Waals surface area contributed by atoms with Crippen LogP contribution >= 0.6 is 0 Å². The van der Waals surface area contributed by atoms with E-state index in [9.17, 15) is 18.0 Å². The molecular formula is C13H23F3N2O2. The maximum absolute atomic E-state index is 12.1. The van der Waals surface area contributed by atoms with Crippen molar-refractivity contribution in [1.82, 2.24) is 10.2 Å². The van der Waals surface area contributed by atoms with Crippen LogP contribution in [-0.2, 0) is 4.74 Å². The zero-order chi connectivity index (χ0) is 15.4. The molecule has 0 spiro atoms. The van der Waals surface area contributed by atoms with Crippen LogP contribution in [0.3, 0.4) is 0 Å². The van der Waals surface area contributed by atoms with E-state index in [1.54, 1.807) is 25.7 Å². The van der Waals surface area contributed by atoms with Gasteiger partial charge in [-0.05, 0) is 33.6 Å². The van der Waals surface area contributed by atoms with E-state index in [0.717, 1.165) is 0 Å². The van der Waals surface area contributed by atoms with Crippen molar-refractivity contribution in [2.24, 2.45) is 0 Å². The minimum Gasteiger partial charge on any atom is -0.444 e. The van der Waals surface area contributed by atoms with Crippen molar-refractivity contribution >= 4 is 6.09 Å².